The monoisotopic (exact) mass is 606 g/mol. The lowest BCUT2D eigenvalue weighted by Gasteiger charge is -2.21. The minimum absolute atomic E-state index is 1.16. The van der Waals surface area contributed by atoms with Gasteiger partial charge in [0.1, 0.15) is 16.1 Å². The van der Waals surface area contributed by atoms with E-state index >= 15 is 0 Å². The highest BCUT2D eigenvalue weighted by atomic mass is 28.3. The Balaban J connectivity index is 1.92. The quantitative estimate of drug-likeness (QED) is 0.0936. The molecule has 2 heteroatoms. The van der Waals surface area contributed by atoms with Gasteiger partial charge in [-0.3, -0.25) is 0 Å². The maximum Gasteiger partial charge on any atom is 0.138 e. The van der Waals surface area contributed by atoms with Crippen molar-refractivity contribution in [3.05, 3.63) is 108 Å². The standard InChI is InChI=1S/C42H46Si2/c1-7-43(8-2,9-3)29-27-39-37-25-23-36(34-21-17-14-18-22-34)32-42(37)40(28-30-44(10-4,11-5)12-6)38-26-24-35(31-41(38)39)33-19-15-13-16-20-33/h13-26,31-32H,7-12H2,1-6H3. The first-order valence-electron chi connectivity index (χ1n) is 16.7. The third-order valence-corrected chi connectivity index (χ3v) is 19.7. The van der Waals surface area contributed by atoms with Gasteiger partial charge in [-0.1, -0.05) is 138 Å². The second kappa shape index (κ2) is 13.9. The van der Waals surface area contributed by atoms with E-state index < -0.39 is 16.1 Å². The van der Waals surface area contributed by atoms with Crippen LogP contribution in [0.4, 0.5) is 0 Å². The molecule has 0 aliphatic heterocycles. The molecule has 0 aliphatic rings. The Hall–Kier alpha value is -3.83. The molecular formula is C42H46Si2. The summed E-state index contributed by atoms with van der Waals surface area (Å²) in [5, 5.41) is 4.90. The van der Waals surface area contributed by atoms with E-state index in [4.69, 9.17) is 0 Å². The summed E-state index contributed by atoms with van der Waals surface area (Å²) < 4.78 is 0. The molecule has 0 heterocycles. The Morgan fingerprint density at radius 1 is 0.386 bits per heavy atom. The third-order valence-electron chi connectivity index (χ3n) is 10.3. The van der Waals surface area contributed by atoms with E-state index in [-0.39, 0.29) is 0 Å². The molecule has 0 aromatic heterocycles. The maximum atomic E-state index is 3.95. The molecule has 0 radical (unpaired) electrons. The predicted octanol–water partition coefficient (Wildman–Crippen LogP) is 12.1. The van der Waals surface area contributed by atoms with Crippen LogP contribution in [0.15, 0.2) is 97.1 Å². The van der Waals surface area contributed by atoms with Crippen molar-refractivity contribution in [1.82, 2.24) is 0 Å². The summed E-state index contributed by atoms with van der Waals surface area (Å²) >= 11 is 0. The first-order chi connectivity index (χ1) is 21.5. The van der Waals surface area contributed by atoms with Crippen molar-refractivity contribution < 1.29 is 0 Å². The van der Waals surface area contributed by atoms with Crippen LogP contribution in [0.3, 0.4) is 0 Å². The molecule has 5 aromatic rings. The van der Waals surface area contributed by atoms with E-state index in [9.17, 15) is 0 Å². The third kappa shape index (κ3) is 6.21. The molecule has 5 rings (SSSR count). The topological polar surface area (TPSA) is 0 Å². The van der Waals surface area contributed by atoms with Crippen LogP contribution in [-0.2, 0) is 0 Å². The summed E-state index contributed by atoms with van der Waals surface area (Å²) in [5.41, 5.74) is 15.1. The van der Waals surface area contributed by atoms with Gasteiger partial charge >= 0.3 is 0 Å². The molecule has 0 aliphatic carbocycles. The van der Waals surface area contributed by atoms with Crippen LogP contribution in [0, 0.1) is 22.9 Å². The van der Waals surface area contributed by atoms with Gasteiger partial charge in [0.25, 0.3) is 0 Å². The molecule has 0 spiro atoms. The van der Waals surface area contributed by atoms with E-state index in [0.29, 0.717) is 0 Å². The number of benzene rings is 5. The molecule has 0 atom stereocenters. The van der Waals surface area contributed by atoms with Gasteiger partial charge in [-0.05, 0) is 92.2 Å². The molecule has 0 saturated carbocycles. The van der Waals surface area contributed by atoms with Crippen molar-refractivity contribution in [2.75, 3.05) is 0 Å². The molecule has 222 valence electrons. The molecule has 0 unspecified atom stereocenters. The van der Waals surface area contributed by atoms with Crippen LogP contribution < -0.4 is 0 Å². The zero-order valence-electron chi connectivity index (χ0n) is 27.5. The van der Waals surface area contributed by atoms with Gasteiger partial charge in [0, 0.05) is 11.1 Å². The summed E-state index contributed by atoms with van der Waals surface area (Å²) in [7, 11) is -3.34. The van der Waals surface area contributed by atoms with Gasteiger partial charge in [0.05, 0.1) is 0 Å². The molecule has 0 amide bonds. The molecule has 0 fully saturated rings. The van der Waals surface area contributed by atoms with E-state index in [1.807, 2.05) is 0 Å². The first kappa shape index (κ1) is 31.6. The number of hydrogen-bond acceptors (Lipinski definition) is 0. The summed E-state index contributed by atoms with van der Waals surface area (Å²) in [6.45, 7) is 14.0. The fourth-order valence-corrected chi connectivity index (χ4v) is 11.4. The van der Waals surface area contributed by atoms with Crippen molar-refractivity contribution >= 4 is 37.7 Å². The molecular weight excluding hydrogens is 561 g/mol. The van der Waals surface area contributed by atoms with Crippen LogP contribution in [0.2, 0.25) is 36.3 Å². The van der Waals surface area contributed by atoms with Crippen LogP contribution in [0.25, 0.3) is 43.8 Å². The highest BCUT2D eigenvalue weighted by molar-refractivity contribution is 6.87. The summed E-state index contributed by atoms with van der Waals surface area (Å²) in [6, 6.07) is 42.6. The average Bonchev–Trinajstić information content (AvgIpc) is 3.10. The molecule has 44 heavy (non-hydrogen) atoms. The van der Waals surface area contributed by atoms with Crippen molar-refractivity contribution in [1.29, 1.82) is 0 Å². The van der Waals surface area contributed by atoms with Crippen LogP contribution in [-0.4, -0.2) is 16.1 Å². The fourth-order valence-electron chi connectivity index (χ4n) is 6.54. The maximum absolute atomic E-state index is 3.95. The molecule has 0 saturated heterocycles. The summed E-state index contributed by atoms with van der Waals surface area (Å²) in [5.74, 6) is 7.74. The van der Waals surface area contributed by atoms with Crippen LogP contribution in [0.1, 0.15) is 52.7 Å². The fraction of sp³-hybridized carbons (Fsp3) is 0.286. The normalized spacial score (nSPS) is 11.6. The second-order valence-corrected chi connectivity index (χ2v) is 22.0. The van der Waals surface area contributed by atoms with Crippen LogP contribution >= 0.6 is 0 Å². The Bertz CT molecular complexity index is 1710. The zero-order valence-corrected chi connectivity index (χ0v) is 29.5. The lowest BCUT2D eigenvalue weighted by atomic mass is 9.88. The Morgan fingerprint density at radius 3 is 1.05 bits per heavy atom. The Morgan fingerprint density at radius 2 is 0.727 bits per heavy atom. The largest absolute Gasteiger partial charge is 0.138 e. The van der Waals surface area contributed by atoms with Gasteiger partial charge in [0.2, 0.25) is 0 Å². The van der Waals surface area contributed by atoms with Crippen LogP contribution in [0.5, 0.6) is 0 Å². The summed E-state index contributed by atoms with van der Waals surface area (Å²) in [4.78, 5) is 0. The lowest BCUT2D eigenvalue weighted by molar-refractivity contribution is 1.20. The zero-order chi connectivity index (χ0) is 31.2. The van der Waals surface area contributed by atoms with E-state index in [1.165, 1.54) is 80.1 Å². The van der Waals surface area contributed by atoms with Crippen molar-refractivity contribution in [2.45, 2.75) is 77.8 Å². The lowest BCUT2D eigenvalue weighted by Crippen LogP contribution is -2.29. The molecule has 5 aromatic carbocycles. The summed E-state index contributed by atoms with van der Waals surface area (Å²) in [6.07, 6.45) is 0. The van der Waals surface area contributed by atoms with Gasteiger partial charge in [-0.25, -0.2) is 0 Å². The molecule has 0 nitrogen and oxygen atoms in total. The highest BCUT2D eigenvalue weighted by Gasteiger charge is 2.26. The minimum atomic E-state index is -1.67. The second-order valence-electron chi connectivity index (χ2n) is 12.2. The van der Waals surface area contributed by atoms with E-state index in [2.05, 4.69) is 162 Å². The highest BCUT2D eigenvalue weighted by Crippen LogP contribution is 2.37. The SMILES string of the molecule is CC[Si](C#Cc1c2ccc(-c3ccccc3)cc2c(C#C[Si](CC)(CC)CC)c2ccc(-c3ccccc3)cc12)(CC)CC. The van der Waals surface area contributed by atoms with E-state index in [0.717, 1.165) is 11.1 Å². The van der Waals surface area contributed by atoms with Gasteiger partial charge in [0.15, 0.2) is 0 Å². The Kier molecular flexibility index (Phi) is 9.95. The average molecular weight is 607 g/mol. The van der Waals surface area contributed by atoms with Gasteiger partial charge < -0.3 is 0 Å². The number of hydrogen-bond donors (Lipinski definition) is 0. The first-order valence-corrected chi connectivity index (χ1v) is 21.9. The van der Waals surface area contributed by atoms with Gasteiger partial charge in [-0.2, -0.15) is 0 Å². The smallest absolute Gasteiger partial charge is 0.126 e. The van der Waals surface area contributed by atoms with Crippen molar-refractivity contribution in [3.63, 3.8) is 0 Å². The van der Waals surface area contributed by atoms with Crippen molar-refractivity contribution in [2.24, 2.45) is 0 Å². The number of rotatable bonds is 8. The molecule has 0 bridgehead atoms. The molecule has 0 N–H and O–H groups in total. The number of fused-ring (bicyclic) bond motifs is 2. The van der Waals surface area contributed by atoms with Crippen molar-refractivity contribution in [3.8, 4) is 45.2 Å². The van der Waals surface area contributed by atoms with Gasteiger partial charge in [-0.15, -0.1) is 11.1 Å². The minimum Gasteiger partial charge on any atom is -0.126 e. The van der Waals surface area contributed by atoms with E-state index in [1.54, 1.807) is 0 Å². The Labute approximate surface area is 268 Å². The predicted molar refractivity (Wildman–Crippen MR) is 200 cm³/mol.